The molecule has 2 rings (SSSR count). The molecule has 1 aromatic rings. The zero-order valence-electron chi connectivity index (χ0n) is 10.9. The van der Waals surface area contributed by atoms with Crippen LogP contribution in [0.2, 0.25) is 5.02 Å². The zero-order valence-corrected chi connectivity index (χ0v) is 11.7. The van der Waals surface area contributed by atoms with E-state index < -0.39 is 0 Å². The van der Waals surface area contributed by atoms with E-state index in [1.54, 1.807) is 6.07 Å². The normalized spacial score (nSPS) is 21.7. The molecular formula is C14H19ClN2O. The average Bonchev–Trinajstić information content (AvgIpc) is 2.50. The van der Waals surface area contributed by atoms with Crippen molar-refractivity contribution in [1.82, 2.24) is 4.90 Å². The summed E-state index contributed by atoms with van der Waals surface area (Å²) in [7, 11) is 2.15. The summed E-state index contributed by atoms with van der Waals surface area (Å²) in [6, 6.07) is 5.95. The number of likely N-dealkylation sites (N-methyl/N-ethyl adjacent to an activating group) is 1. The second-order valence-electron chi connectivity index (χ2n) is 4.99. The molecule has 1 heterocycles. The number of carbonyl (C=O) groups is 1. The van der Waals surface area contributed by atoms with Gasteiger partial charge in [0.2, 0.25) is 0 Å². The van der Waals surface area contributed by atoms with Gasteiger partial charge < -0.3 is 9.80 Å². The molecule has 0 N–H and O–H groups in total. The Kier molecular flexibility index (Phi) is 4.25. The standard InChI is InChI=1S/C14H19ClN2O/c1-11-9-16(2)6-3-7-17(11)14-5-4-12(10-18)8-13(14)15/h4-5,8,10-11H,3,6-7,9H2,1-2H3. The lowest BCUT2D eigenvalue weighted by molar-refractivity contribution is 0.112. The lowest BCUT2D eigenvalue weighted by Crippen LogP contribution is -2.38. The molecule has 1 fully saturated rings. The number of hydrogen-bond donors (Lipinski definition) is 0. The number of benzene rings is 1. The van der Waals surface area contributed by atoms with Crippen LogP contribution in [0.1, 0.15) is 23.7 Å². The highest BCUT2D eigenvalue weighted by Crippen LogP contribution is 2.29. The number of hydrogen-bond acceptors (Lipinski definition) is 3. The van der Waals surface area contributed by atoms with Crippen molar-refractivity contribution in [1.29, 1.82) is 0 Å². The van der Waals surface area contributed by atoms with Crippen molar-refractivity contribution in [2.45, 2.75) is 19.4 Å². The molecule has 0 aromatic heterocycles. The van der Waals surface area contributed by atoms with E-state index in [0.29, 0.717) is 16.6 Å². The third-order valence-electron chi connectivity index (χ3n) is 3.46. The summed E-state index contributed by atoms with van der Waals surface area (Å²) in [4.78, 5) is 15.4. The maximum Gasteiger partial charge on any atom is 0.150 e. The van der Waals surface area contributed by atoms with Gasteiger partial charge in [-0.2, -0.15) is 0 Å². The van der Waals surface area contributed by atoms with Crippen LogP contribution in [-0.2, 0) is 0 Å². The van der Waals surface area contributed by atoms with Gasteiger partial charge in [-0.15, -0.1) is 0 Å². The second-order valence-corrected chi connectivity index (χ2v) is 5.39. The first-order chi connectivity index (χ1) is 8.61. The van der Waals surface area contributed by atoms with Crippen molar-refractivity contribution in [3.05, 3.63) is 28.8 Å². The molecule has 1 aliphatic heterocycles. The Morgan fingerprint density at radius 1 is 1.39 bits per heavy atom. The summed E-state index contributed by atoms with van der Waals surface area (Å²) >= 11 is 6.28. The maximum absolute atomic E-state index is 10.7. The lowest BCUT2D eigenvalue weighted by Gasteiger charge is -2.31. The third kappa shape index (κ3) is 2.85. The first-order valence-electron chi connectivity index (χ1n) is 6.31. The maximum atomic E-state index is 10.7. The molecule has 0 amide bonds. The fourth-order valence-corrected chi connectivity index (χ4v) is 2.86. The largest absolute Gasteiger partial charge is 0.366 e. The Labute approximate surface area is 113 Å². The Hall–Kier alpha value is -1.06. The molecule has 18 heavy (non-hydrogen) atoms. The number of carbonyl (C=O) groups excluding carboxylic acids is 1. The van der Waals surface area contributed by atoms with Crippen LogP contribution in [0.15, 0.2) is 18.2 Å². The van der Waals surface area contributed by atoms with Gasteiger partial charge in [0.1, 0.15) is 6.29 Å². The minimum atomic E-state index is 0.428. The zero-order chi connectivity index (χ0) is 13.1. The molecule has 0 spiro atoms. The van der Waals surface area contributed by atoms with E-state index in [9.17, 15) is 4.79 Å². The minimum absolute atomic E-state index is 0.428. The molecule has 0 saturated carbocycles. The second kappa shape index (κ2) is 5.72. The van der Waals surface area contributed by atoms with E-state index in [0.717, 1.165) is 38.0 Å². The molecular weight excluding hydrogens is 248 g/mol. The number of anilines is 1. The molecule has 3 nitrogen and oxygen atoms in total. The Balaban J connectivity index is 2.26. The summed E-state index contributed by atoms with van der Waals surface area (Å²) in [5, 5.41) is 0.663. The number of halogens is 1. The molecule has 0 bridgehead atoms. The highest BCUT2D eigenvalue weighted by molar-refractivity contribution is 6.33. The predicted molar refractivity (Wildman–Crippen MR) is 75.8 cm³/mol. The van der Waals surface area contributed by atoms with Gasteiger partial charge in [-0.3, -0.25) is 4.79 Å². The van der Waals surface area contributed by atoms with Gasteiger partial charge in [-0.25, -0.2) is 0 Å². The quantitative estimate of drug-likeness (QED) is 0.769. The number of nitrogens with zero attached hydrogens (tertiary/aromatic N) is 2. The van der Waals surface area contributed by atoms with Crippen LogP contribution in [0.5, 0.6) is 0 Å². The number of aldehydes is 1. The summed E-state index contributed by atoms with van der Waals surface area (Å²) < 4.78 is 0. The van der Waals surface area contributed by atoms with Crippen LogP contribution in [0.3, 0.4) is 0 Å². The van der Waals surface area contributed by atoms with E-state index >= 15 is 0 Å². The fraction of sp³-hybridized carbons (Fsp3) is 0.500. The van der Waals surface area contributed by atoms with Gasteiger partial charge in [-0.1, -0.05) is 11.6 Å². The van der Waals surface area contributed by atoms with Crippen LogP contribution in [0.4, 0.5) is 5.69 Å². The highest BCUT2D eigenvalue weighted by atomic mass is 35.5. The van der Waals surface area contributed by atoms with Crippen molar-refractivity contribution < 1.29 is 4.79 Å². The van der Waals surface area contributed by atoms with Crippen molar-refractivity contribution >= 4 is 23.6 Å². The monoisotopic (exact) mass is 266 g/mol. The third-order valence-corrected chi connectivity index (χ3v) is 3.77. The Morgan fingerprint density at radius 2 is 2.17 bits per heavy atom. The van der Waals surface area contributed by atoms with Crippen LogP contribution in [-0.4, -0.2) is 43.9 Å². The van der Waals surface area contributed by atoms with Gasteiger partial charge in [0, 0.05) is 24.7 Å². The molecule has 1 saturated heterocycles. The van der Waals surface area contributed by atoms with Crippen molar-refractivity contribution in [2.24, 2.45) is 0 Å². The highest BCUT2D eigenvalue weighted by Gasteiger charge is 2.21. The SMILES string of the molecule is CC1CN(C)CCCN1c1ccc(C=O)cc1Cl. The van der Waals surface area contributed by atoms with Crippen molar-refractivity contribution in [3.8, 4) is 0 Å². The molecule has 98 valence electrons. The first kappa shape index (κ1) is 13.4. The Morgan fingerprint density at radius 3 is 2.83 bits per heavy atom. The molecule has 0 radical (unpaired) electrons. The fourth-order valence-electron chi connectivity index (χ4n) is 2.56. The first-order valence-corrected chi connectivity index (χ1v) is 6.69. The van der Waals surface area contributed by atoms with Crippen LogP contribution in [0, 0.1) is 0 Å². The minimum Gasteiger partial charge on any atom is -0.366 e. The van der Waals surface area contributed by atoms with E-state index in [4.69, 9.17) is 11.6 Å². The van der Waals surface area contributed by atoms with Gasteiger partial charge in [0.15, 0.2) is 0 Å². The van der Waals surface area contributed by atoms with Crippen molar-refractivity contribution in [2.75, 3.05) is 31.6 Å². The van der Waals surface area contributed by atoms with E-state index in [-0.39, 0.29) is 0 Å². The van der Waals surface area contributed by atoms with Gasteiger partial charge in [0.05, 0.1) is 10.7 Å². The Bertz CT molecular complexity index is 436. The predicted octanol–water partition coefficient (Wildman–Crippen LogP) is 2.68. The molecule has 0 aliphatic carbocycles. The smallest absolute Gasteiger partial charge is 0.150 e. The van der Waals surface area contributed by atoms with Gasteiger partial charge in [0.25, 0.3) is 0 Å². The van der Waals surface area contributed by atoms with E-state index in [2.05, 4.69) is 23.8 Å². The van der Waals surface area contributed by atoms with Gasteiger partial charge >= 0.3 is 0 Å². The van der Waals surface area contributed by atoms with E-state index in [1.165, 1.54) is 0 Å². The summed E-state index contributed by atoms with van der Waals surface area (Å²) in [6.45, 7) is 5.37. The lowest BCUT2D eigenvalue weighted by atomic mass is 10.1. The van der Waals surface area contributed by atoms with Crippen LogP contribution >= 0.6 is 11.6 Å². The number of rotatable bonds is 2. The molecule has 4 heteroatoms. The molecule has 1 unspecified atom stereocenters. The summed E-state index contributed by atoms with van der Waals surface area (Å²) in [5.74, 6) is 0. The van der Waals surface area contributed by atoms with Crippen LogP contribution in [0.25, 0.3) is 0 Å². The summed E-state index contributed by atoms with van der Waals surface area (Å²) in [6.07, 6.45) is 1.96. The van der Waals surface area contributed by atoms with E-state index in [1.807, 2.05) is 12.1 Å². The summed E-state index contributed by atoms with van der Waals surface area (Å²) in [5.41, 5.74) is 1.66. The van der Waals surface area contributed by atoms with Gasteiger partial charge in [-0.05, 0) is 45.1 Å². The topological polar surface area (TPSA) is 23.6 Å². The molecule has 1 aliphatic rings. The van der Waals surface area contributed by atoms with Crippen molar-refractivity contribution in [3.63, 3.8) is 0 Å². The van der Waals surface area contributed by atoms with Crippen LogP contribution < -0.4 is 4.90 Å². The average molecular weight is 267 g/mol. The molecule has 1 aromatic carbocycles. The molecule has 1 atom stereocenters.